The van der Waals surface area contributed by atoms with Gasteiger partial charge in [-0.05, 0) is 17.7 Å². The first kappa shape index (κ1) is 20.4. The van der Waals surface area contributed by atoms with Gasteiger partial charge in [-0.2, -0.15) is 13.2 Å². The Labute approximate surface area is 169 Å². The fourth-order valence-electron chi connectivity index (χ4n) is 2.50. The van der Waals surface area contributed by atoms with E-state index in [1.807, 2.05) is 35.7 Å². The van der Waals surface area contributed by atoms with Gasteiger partial charge in [-0.1, -0.05) is 42.5 Å². The molecule has 3 aromatic rings. The summed E-state index contributed by atoms with van der Waals surface area (Å²) in [6.07, 6.45) is -3.49. The highest BCUT2D eigenvalue weighted by Crippen LogP contribution is 2.32. The summed E-state index contributed by atoms with van der Waals surface area (Å²) >= 11 is 2.14. The van der Waals surface area contributed by atoms with Crippen LogP contribution in [-0.2, 0) is 17.6 Å². The van der Waals surface area contributed by atoms with Gasteiger partial charge in [0.15, 0.2) is 0 Å². The maximum atomic E-state index is 12.5. The number of thioether (sulfide) groups is 1. The molecule has 0 fully saturated rings. The Morgan fingerprint density at radius 3 is 2.54 bits per heavy atom. The van der Waals surface area contributed by atoms with Gasteiger partial charge < -0.3 is 5.32 Å². The minimum absolute atomic E-state index is 0.0730. The Morgan fingerprint density at radius 2 is 1.79 bits per heavy atom. The SMILES string of the molecule is O=C(Cc1csc(Cc2ccccc2)n1)Nc1ccccc1SCC(F)(F)F. The number of anilines is 1. The van der Waals surface area contributed by atoms with Gasteiger partial charge in [0.05, 0.1) is 28.6 Å². The number of carbonyl (C=O) groups excluding carboxylic acids is 1. The zero-order valence-corrected chi connectivity index (χ0v) is 16.3. The number of benzene rings is 2. The van der Waals surface area contributed by atoms with Crippen molar-refractivity contribution < 1.29 is 18.0 Å². The van der Waals surface area contributed by atoms with Crippen LogP contribution in [0.4, 0.5) is 18.9 Å². The van der Waals surface area contributed by atoms with Crippen LogP contribution in [0.1, 0.15) is 16.3 Å². The van der Waals surface area contributed by atoms with Crippen molar-refractivity contribution in [1.29, 1.82) is 0 Å². The van der Waals surface area contributed by atoms with Crippen molar-refractivity contribution in [2.75, 3.05) is 11.1 Å². The summed E-state index contributed by atoms with van der Waals surface area (Å²) in [6, 6.07) is 16.4. The summed E-state index contributed by atoms with van der Waals surface area (Å²) in [6.45, 7) is 0. The average Bonchev–Trinajstić information content (AvgIpc) is 3.08. The van der Waals surface area contributed by atoms with Gasteiger partial charge in [-0.3, -0.25) is 4.79 Å². The van der Waals surface area contributed by atoms with Gasteiger partial charge in [0.25, 0.3) is 0 Å². The highest BCUT2D eigenvalue weighted by molar-refractivity contribution is 7.99. The molecule has 1 aromatic heterocycles. The number of alkyl halides is 3. The number of amides is 1. The lowest BCUT2D eigenvalue weighted by molar-refractivity contribution is -0.115. The molecule has 146 valence electrons. The molecule has 0 aliphatic heterocycles. The van der Waals surface area contributed by atoms with Gasteiger partial charge in [0, 0.05) is 16.7 Å². The standard InChI is InChI=1S/C20H17F3N2OS2/c21-20(22,23)13-28-17-9-5-4-8-16(17)25-18(26)11-15-12-27-19(24-15)10-14-6-2-1-3-7-14/h1-9,12H,10-11,13H2,(H,25,26). The molecule has 0 saturated carbocycles. The molecular weight excluding hydrogens is 405 g/mol. The smallest absolute Gasteiger partial charge is 0.325 e. The van der Waals surface area contributed by atoms with E-state index in [0.717, 1.165) is 10.6 Å². The third-order valence-electron chi connectivity index (χ3n) is 3.69. The van der Waals surface area contributed by atoms with E-state index in [-0.39, 0.29) is 12.3 Å². The molecule has 0 atom stereocenters. The molecule has 8 heteroatoms. The van der Waals surface area contributed by atoms with Crippen LogP contribution in [0.2, 0.25) is 0 Å². The number of rotatable bonds is 7. The van der Waals surface area contributed by atoms with E-state index in [0.29, 0.717) is 34.5 Å². The highest BCUT2D eigenvalue weighted by Gasteiger charge is 2.27. The van der Waals surface area contributed by atoms with Crippen LogP contribution < -0.4 is 5.32 Å². The fourth-order valence-corrected chi connectivity index (χ4v) is 4.09. The lowest BCUT2D eigenvalue weighted by atomic mass is 10.2. The van der Waals surface area contributed by atoms with Crippen molar-refractivity contribution in [2.24, 2.45) is 0 Å². The summed E-state index contributed by atoms with van der Waals surface area (Å²) in [5.41, 5.74) is 2.17. The molecule has 1 amide bonds. The first-order valence-electron chi connectivity index (χ1n) is 8.45. The number of hydrogen-bond acceptors (Lipinski definition) is 4. The van der Waals surface area contributed by atoms with E-state index < -0.39 is 11.9 Å². The summed E-state index contributed by atoms with van der Waals surface area (Å²) in [7, 11) is 0. The van der Waals surface area contributed by atoms with Crippen molar-refractivity contribution in [2.45, 2.75) is 23.9 Å². The number of hydrogen-bond donors (Lipinski definition) is 1. The summed E-state index contributed by atoms with van der Waals surface area (Å²) in [5, 5.41) is 5.44. The van der Waals surface area contributed by atoms with Crippen molar-refractivity contribution in [3.8, 4) is 0 Å². The Balaban J connectivity index is 1.59. The molecule has 0 spiro atoms. The van der Waals surface area contributed by atoms with E-state index in [1.54, 1.807) is 24.3 Å². The topological polar surface area (TPSA) is 42.0 Å². The number of carbonyl (C=O) groups is 1. The number of halogens is 3. The van der Waals surface area contributed by atoms with Crippen molar-refractivity contribution in [3.63, 3.8) is 0 Å². The molecule has 3 rings (SSSR count). The number of nitrogens with zero attached hydrogens (tertiary/aromatic N) is 1. The predicted molar refractivity (Wildman–Crippen MR) is 107 cm³/mol. The lowest BCUT2D eigenvalue weighted by Gasteiger charge is -2.11. The molecule has 0 aliphatic rings. The fraction of sp³-hybridized carbons (Fsp3) is 0.200. The number of thiazole rings is 1. The molecule has 0 radical (unpaired) electrons. The van der Waals surface area contributed by atoms with E-state index in [4.69, 9.17) is 0 Å². The third-order valence-corrected chi connectivity index (χ3v) is 5.73. The summed E-state index contributed by atoms with van der Waals surface area (Å²) in [5.74, 6) is -1.31. The van der Waals surface area contributed by atoms with Gasteiger partial charge in [-0.15, -0.1) is 23.1 Å². The van der Waals surface area contributed by atoms with Crippen LogP contribution in [0.25, 0.3) is 0 Å². The van der Waals surface area contributed by atoms with Crippen molar-refractivity contribution in [1.82, 2.24) is 4.98 Å². The zero-order valence-electron chi connectivity index (χ0n) is 14.7. The molecule has 0 aliphatic carbocycles. The van der Waals surface area contributed by atoms with Crippen LogP contribution in [0.15, 0.2) is 64.9 Å². The third kappa shape index (κ3) is 6.38. The van der Waals surface area contributed by atoms with Crippen LogP contribution in [-0.4, -0.2) is 22.8 Å². The van der Waals surface area contributed by atoms with E-state index in [9.17, 15) is 18.0 Å². The van der Waals surface area contributed by atoms with Crippen LogP contribution >= 0.6 is 23.1 Å². The van der Waals surface area contributed by atoms with Gasteiger partial charge >= 0.3 is 6.18 Å². The minimum Gasteiger partial charge on any atom is -0.325 e. The second-order valence-corrected chi connectivity index (χ2v) is 7.98. The second kappa shape index (κ2) is 9.25. The largest absolute Gasteiger partial charge is 0.398 e. The van der Waals surface area contributed by atoms with E-state index in [1.165, 1.54) is 11.3 Å². The normalized spacial score (nSPS) is 11.4. The maximum absolute atomic E-state index is 12.5. The minimum atomic E-state index is -4.27. The monoisotopic (exact) mass is 422 g/mol. The van der Waals surface area contributed by atoms with Gasteiger partial charge in [-0.25, -0.2) is 4.98 Å². The van der Waals surface area contributed by atoms with E-state index in [2.05, 4.69) is 10.3 Å². The van der Waals surface area contributed by atoms with Crippen molar-refractivity contribution in [3.05, 3.63) is 76.2 Å². The Hall–Kier alpha value is -2.32. The predicted octanol–water partition coefficient (Wildman–Crippen LogP) is 5.57. The summed E-state index contributed by atoms with van der Waals surface area (Å²) in [4.78, 5) is 17.2. The first-order valence-corrected chi connectivity index (χ1v) is 10.3. The number of para-hydroxylation sites is 1. The number of aromatic nitrogens is 1. The molecule has 3 nitrogen and oxygen atoms in total. The zero-order chi connectivity index (χ0) is 20.0. The van der Waals surface area contributed by atoms with Crippen LogP contribution in [0.3, 0.4) is 0 Å². The van der Waals surface area contributed by atoms with Gasteiger partial charge in [0.2, 0.25) is 5.91 Å². The maximum Gasteiger partial charge on any atom is 0.398 e. The molecule has 0 bridgehead atoms. The Morgan fingerprint density at radius 1 is 1.07 bits per heavy atom. The molecule has 1 heterocycles. The quantitative estimate of drug-likeness (QED) is 0.506. The molecule has 1 N–H and O–H groups in total. The Bertz CT molecular complexity index is 926. The first-order chi connectivity index (χ1) is 13.4. The molecular formula is C20H17F3N2OS2. The average molecular weight is 422 g/mol. The van der Waals surface area contributed by atoms with Gasteiger partial charge in [0.1, 0.15) is 0 Å². The molecule has 0 unspecified atom stereocenters. The summed E-state index contributed by atoms with van der Waals surface area (Å²) < 4.78 is 37.4. The molecule has 2 aromatic carbocycles. The highest BCUT2D eigenvalue weighted by atomic mass is 32.2. The van der Waals surface area contributed by atoms with Crippen LogP contribution in [0.5, 0.6) is 0 Å². The molecule has 0 saturated heterocycles. The van der Waals surface area contributed by atoms with Crippen molar-refractivity contribution >= 4 is 34.7 Å². The van der Waals surface area contributed by atoms with E-state index >= 15 is 0 Å². The second-order valence-electron chi connectivity index (χ2n) is 6.02. The van der Waals surface area contributed by atoms with Crippen LogP contribution in [0, 0.1) is 0 Å². The lowest BCUT2D eigenvalue weighted by Crippen LogP contribution is -2.16. The molecule has 28 heavy (non-hydrogen) atoms. The number of nitrogens with one attached hydrogen (secondary N) is 1. The Kier molecular flexibility index (Phi) is 6.74.